The van der Waals surface area contributed by atoms with Crippen LogP contribution in [0.4, 0.5) is 0 Å². The van der Waals surface area contributed by atoms with Crippen molar-refractivity contribution in [1.29, 1.82) is 0 Å². The van der Waals surface area contributed by atoms with E-state index in [0.29, 0.717) is 11.8 Å². The fourth-order valence-corrected chi connectivity index (χ4v) is 2.75. The molecule has 2 rings (SSSR count). The van der Waals surface area contributed by atoms with E-state index in [4.69, 9.17) is 4.98 Å². The zero-order valence-electron chi connectivity index (χ0n) is 10.9. The van der Waals surface area contributed by atoms with Crippen molar-refractivity contribution in [2.45, 2.75) is 39.5 Å². The molecule has 1 aromatic heterocycles. The molecule has 90 valence electrons. The van der Waals surface area contributed by atoms with Crippen LogP contribution in [0.2, 0.25) is 0 Å². The lowest BCUT2D eigenvalue weighted by atomic mass is 9.96. The molecule has 0 saturated carbocycles. The Bertz CT molecular complexity index is 497. The highest BCUT2D eigenvalue weighted by Crippen LogP contribution is 2.31. The first-order chi connectivity index (χ1) is 8.09. The van der Waals surface area contributed by atoms with Gasteiger partial charge < -0.3 is 0 Å². The molecule has 1 aromatic carbocycles. The third-order valence-corrected chi connectivity index (χ3v) is 4.02. The second-order valence-corrected chi connectivity index (χ2v) is 5.86. The summed E-state index contributed by atoms with van der Waals surface area (Å²) in [4.78, 5) is 4.74. The molecule has 0 aliphatic carbocycles. The number of nitrogens with zero attached hydrogens (tertiary/aromatic N) is 1. The first kappa shape index (κ1) is 12.3. The molecular formula is C15H19NS. The molecule has 0 atom stereocenters. The Morgan fingerprint density at radius 2 is 1.71 bits per heavy atom. The first-order valence-electron chi connectivity index (χ1n) is 6.14. The monoisotopic (exact) mass is 245 g/mol. The molecule has 0 amide bonds. The van der Waals surface area contributed by atoms with Crippen LogP contribution in [0.5, 0.6) is 0 Å². The summed E-state index contributed by atoms with van der Waals surface area (Å²) < 4.78 is 0. The van der Waals surface area contributed by atoms with Gasteiger partial charge in [0.1, 0.15) is 0 Å². The summed E-state index contributed by atoms with van der Waals surface area (Å²) in [6.45, 7) is 8.84. The number of aromatic nitrogens is 1. The van der Waals surface area contributed by atoms with Crippen LogP contribution in [0, 0.1) is 0 Å². The van der Waals surface area contributed by atoms with E-state index in [9.17, 15) is 0 Å². The SMILES string of the molecule is CC(C)c1nc(-c2ccccc2C(C)C)cs1. The van der Waals surface area contributed by atoms with Crippen LogP contribution in [0.3, 0.4) is 0 Å². The van der Waals surface area contributed by atoms with Gasteiger partial charge in [0.15, 0.2) is 0 Å². The highest BCUT2D eigenvalue weighted by molar-refractivity contribution is 7.10. The molecule has 17 heavy (non-hydrogen) atoms. The van der Waals surface area contributed by atoms with Gasteiger partial charge in [0.05, 0.1) is 10.7 Å². The summed E-state index contributed by atoms with van der Waals surface area (Å²) in [5.41, 5.74) is 3.79. The van der Waals surface area contributed by atoms with Gasteiger partial charge in [0.25, 0.3) is 0 Å². The second-order valence-electron chi connectivity index (χ2n) is 4.97. The molecule has 1 heterocycles. The number of thiazole rings is 1. The van der Waals surface area contributed by atoms with Gasteiger partial charge in [-0.2, -0.15) is 0 Å². The topological polar surface area (TPSA) is 12.9 Å². The summed E-state index contributed by atoms with van der Waals surface area (Å²) in [5, 5.41) is 3.40. The molecule has 1 nitrogen and oxygen atoms in total. The van der Waals surface area contributed by atoms with E-state index in [-0.39, 0.29) is 0 Å². The van der Waals surface area contributed by atoms with Gasteiger partial charge in [0, 0.05) is 16.9 Å². The predicted octanol–water partition coefficient (Wildman–Crippen LogP) is 5.06. The molecule has 0 aliphatic heterocycles. The molecule has 0 bridgehead atoms. The zero-order valence-corrected chi connectivity index (χ0v) is 11.7. The zero-order chi connectivity index (χ0) is 12.4. The lowest BCUT2D eigenvalue weighted by molar-refractivity contribution is 0.850. The molecule has 0 fully saturated rings. The van der Waals surface area contributed by atoms with Crippen molar-refractivity contribution in [2.24, 2.45) is 0 Å². The maximum Gasteiger partial charge on any atom is 0.0958 e. The van der Waals surface area contributed by atoms with Gasteiger partial charge in [-0.3, -0.25) is 0 Å². The lowest BCUT2D eigenvalue weighted by Gasteiger charge is -2.10. The molecule has 0 N–H and O–H groups in total. The molecule has 2 heteroatoms. The van der Waals surface area contributed by atoms with Crippen LogP contribution in [0.25, 0.3) is 11.3 Å². The highest BCUT2D eigenvalue weighted by atomic mass is 32.1. The normalized spacial score (nSPS) is 11.4. The van der Waals surface area contributed by atoms with E-state index in [1.54, 1.807) is 11.3 Å². The second kappa shape index (κ2) is 5.01. The van der Waals surface area contributed by atoms with Crippen LogP contribution in [-0.4, -0.2) is 4.98 Å². The van der Waals surface area contributed by atoms with Gasteiger partial charge in [-0.15, -0.1) is 11.3 Å². The molecule has 0 saturated heterocycles. The van der Waals surface area contributed by atoms with E-state index in [1.807, 2.05) is 0 Å². The molecular weight excluding hydrogens is 226 g/mol. The van der Waals surface area contributed by atoms with Gasteiger partial charge in [0.2, 0.25) is 0 Å². The van der Waals surface area contributed by atoms with Crippen molar-refractivity contribution >= 4 is 11.3 Å². The molecule has 0 unspecified atom stereocenters. The lowest BCUT2D eigenvalue weighted by Crippen LogP contribution is -1.93. The maximum atomic E-state index is 4.74. The van der Waals surface area contributed by atoms with Gasteiger partial charge in [-0.1, -0.05) is 52.0 Å². The van der Waals surface area contributed by atoms with Gasteiger partial charge >= 0.3 is 0 Å². The number of hydrogen-bond acceptors (Lipinski definition) is 2. The molecule has 0 spiro atoms. The Balaban J connectivity index is 2.45. The van der Waals surface area contributed by atoms with Gasteiger partial charge in [-0.25, -0.2) is 4.98 Å². The Labute approximate surface area is 108 Å². The fraction of sp³-hybridized carbons (Fsp3) is 0.400. The van der Waals surface area contributed by atoms with Crippen LogP contribution in [0.15, 0.2) is 29.6 Å². The van der Waals surface area contributed by atoms with Crippen molar-refractivity contribution in [1.82, 2.24) is 4.98 Å². The van der Waals surface area contributed by atoms with Crippen molar-refractivity contribution in [3.05, 3.63) is 40.2 Å². The predicted molar refractivity (Wildman–Crippen MR) is 75.7 cm³/mol. The summed E-state index contributed by atoms with van der Waals surface area (Å²) >= 11 is 1.76. The van der Waals surface area contributed by atoms with E-state index in [0.717, 1.165) is 5.69 Å². The highest BCUT2D eigenvalue weighted by Gasteiger charge is 2.12. The maximum absolute atomic E-state index is 4.74. The Hall–Kier alpha value is -1.15. The van der Waals surface area contributed by atoms with Crippen molar-refractivity contribution < 1.29 is 0 Å². The van der Waals surface area contributed by atoms with Crippen LogP contribution < -0.4 is 0 Å². The van der Waals surface area contributed by atoms with Crippen molar-refractivity contribution in [3.63, 3.8) is 0 Å². The first-order valence-corrected chi connectivity index (χ1v) is 7.02. The number of benzene rings is 1. The van der Waals surface area contributed by atoms with Crippen molar-refractivity contribution in [3.8, 4) is 11.3 Å². The largest absolute Gasteiger partial charge is 0.241 e. The van der Waals surface area contributed by atoms with Crippen LogP contribution >= 0.6 is 11.3 Å². The molecule has 0 radical (unpaired) electrons. The summed E-state index contributed by atoms with van der Waals surface area (Å²) in [7, 11) is 0. The minimum Gasteiger partial charge on any atom is -0.241 e. The Kier molecular flexibility index (Phi) is 3.63. The summed E-state index contributed by atoms with van der Waals surface area (Å²) in [5.74, 6) is 1.05. The quantitative estimate of drug-likeness (QED) is 0.736. The van der Waals surface area contributed by atoms with E-state index < -0.39 is 0 Å². The Morgan fingerprint density at radius 3 is 2.29 bits per heavy atom. The van der Waals surface area contributed by atoms with E-state index in [1.165, 1.54) is 16.1 Å². The number of rotatable bonds is 3. The standard InChI is InChI=1S/C15H19NS/c1-10(2)12-7-5-6-8-13(12)14-9-17-15(16-14)11(3)4/h5-11H,1-4H3. The third kappa shape index (κ3) is 2.58. The summed E-state index contributed by atoms with van der Waals surface area (Å²) in [6, 6.07) is 8.58. The smallest absolute Gasteiger partial charge is 0.0958 e. The Morgan fingerprint density at radius 1 is 1.00 bits per heavy atom. The average molecular weight is 245 g/mol. The minimum absolute atomic E-state index is 0.514. The van der Waals surface area contributed by atoms with Crippen molar-refractivity contribution in [2.75, 3.05) is 0 Å². The van der Waals surface area contributed by atoms with E-state index >= 15 is 0 Å². The molecule has 0 aliphatic rings. The minimum atomic E-state index is 0.514. The van der Waals surface area contributed by atoms with E-state index in [2.05, 4.69) is 57.3 Å². The average Bonchev–Trinajstić information content (AvgIpc) is 2.78. The summed E-state index contributed by atoms with van der Waals surface area (Å²) in [6.07, 6.45) is 0. The third-order valence-electron chi connectivity index (χ3n) is 2.87. The van der Waals surface area contributed by atoms with Crippen LogP contribution in [0.1, 0.15) is 50.1 Å². The fourth-order valence-electron chi connectivity index (χ4n) is 1.91. The van der Waals surface area contributed by atoms with Crippen LogP contribution in [-0.2, 0) is 0 Å². The number of hydrogen-bond donors (Lipinski definition) is 0. The van der Waals surface area contributed by atoms with Gasteiger partial charge in [-0.05, 0) is 11.5 Å². The molecule has 2 aromatic rings.